The third kappa shape index (κ3) is 9.19. The van der Waals surface area contributed by atoms with E-state index >= 15 is 0 Å². The van der Waals surface area contributed by atoms with Gasteiger partial charge in [0.2, 0.25) is 5.91 Å². The molecule has 1 rings (SSSR count). The van der Waals surface area contributed by atoms with Gasteiger partial charge < -0.3 is 15.8 Å². The molecule has 1 aromatic carbocycles. The highest BCUT2D eigenvalue weighted by molar-refractivity contribution is 5.82. The molecule has 140 valence electrons. The van der Waals surface area contributed by atoms with E-state index in [4.69, 9.17) is 10.5 Å². The van der Waals surface area contributed by atoms with Gasteiger partial charge in [-0.1, -0.05) is 37.3 Å². The van der Waals surface area contributed by atoms with Crippen LogP contribution in [0.5, 0.6) is 0 Å². The summed E-state index contributed by atoms with van der Waals surface area (Å²) in [6.45, 7) is 5.10. The van der Waals surface area contributed by atoms with Crippen LogP contribution in [0.1, 0.15) is 32.3 Å². The maximum Gasteiger partial charge on any atom is 0.322 e. The molecule has 1 aromatic rings. The zero-order valence-electron chi connectivity index (χ0n) is 15.1. The van der Waals surface area contributed by atoms with Gasteiger partial charge in [-0.15, -0.1) is 0 Å². The van der Waals surface area contributed by atoms with Gasteiger partial charge in [0, 0.05) is 13.1 Å². The Balaban J connectivity index is 2.39. The van der Waals surface area contributed by atoms with Crippen molar-refractivity contribution in [3.05, 3.63) is 35.9 Å². The molecule has 0 heterocycles. The standard InChI is InChI=1S/C18H30N4O3/c1-3-10-21-22-16(13-15-8-5-4-6-9-15)17(23)20-11-7-12-25-18(24)14(2)19/h4-6,8-9,14,16,21-22H,3,7,10-13,19H2,1-2H3,(H,20,23)/t14-,16-/m0/s1. The van der Waals surface area contributed by atoms with E-state index in [-0.39, 0.29) is 18.6 Å². The molecule has 5 N–H and O–H groups in total. The topological polar surface area (TPSA) is 105 Å². The van der Waals surface area contributed by atoms with Gasteiger partial charge in [-0.3, -0.25) is 15.0 Å². The Morgan fingerprint density at radius 2 is 1.92 bits per heavy atom. The molecule has 7 heteroatoms. The highest BCUT2D eigenvalue weighted by Crippen LogP contribution is 2.03. The number of carbonyl (C=O) groups is 2. The quantitative estimate of drug-likeness (QED) is 0.249. The average molecular weight is 350 g/mol. The Morgan fingerprint density at radius 1 is 1.20 bits per heavy atom. The molecule has 0 bridgehead atoms. The van der Waals surface area contributed by atoms with Crippen molar-refractivity contribution in [2.45, 2.75) is 45.2 Å². The number of esters is 1. The summed E-state index contributed by atoms with van der Waals surface area (Å²) < 4.78 is 4.98. The van der Waals surface area contributed by atoms with Crippen LogP contribution in [0.2, 0.25) is 0 Å². The van der Waals surface area contributed by atoms with Crippen LogP contribution in [-0.4, -0.2) is 43.7 Å². The van der Waals surface area contributed by atoms with Crippen LogP contribution >= 0.6 is 0 Å². The molecule has 0 radical (unpaired) electrons. The van der Waals surface area contributed by atoms with Crippen molar-refractivity contribution in [3.8, 4) is 0 Å². The van der Waals surface area contributed by atoms with Gasteiger partial charge in [0.05, 0.1) is 6.61 Å². The van der Waals surface area contributed by atoms with Crippen LogP contribution in [0, 0.1) is 0 Å². The Morgan fingerprint density at radius 3 is 2.56 bits per heavy atom. The molecule has 0 aliphatic carbocycles. The Hall–Kier alpha value is -1.96. The third-order valence-electron chi connectivity index (χ3n) is 3.49. The van der Waals surface area contributed by atoms with Gasteiger partial charge in [-0.2, -0.15) is 0 Å². The fourth-order valence-corrected chi connectivity index (χ4v) is 2.09. The second kappa shape index (κ2) is 12.4. The van der Waals surface area contributed by atoms with Gasteiger partial charge in [-0.25, -0.2) is 5.43 Å². The van der Waals surface area contributed by atoms with Crippen molar-refractivity contribution in [2.24, 2.45) is 5.73 Å². The molecule has 7 nitrogen and oxygen atoms in total. The molecule has 0 unspecified atom stereocenters. The highest BCUT2D eigenvalue weighted by atomic mass is 16.5. The molecule has 0 aromatic heterocycles. The molecule has 0 aliphatic rings. The fourth-order valence-electron chi connectivity index (χ4n) is 2.09. The Labute approximate surface area is 149 Å². The summed E-state index contributed by atoms with van der Waals surface area (Å²) in [6.07, 6.45) is 2.10. The second-order valence-electron chi connectivity index (χ2n) is 5.91. The van der Waals surface area contributed by atoms with Crippen molar-refractivity contribution < 1.29 is 14.3 Å². The monoisotopic (exact) mass is 350 g/mol. The normalized spacial score (nSPS) is 13.1. The largest absolute Gasteiger partial charge is 0.464 e. The maximum atomic E-state index is 12.4. The average Bonchev–Trinajstić information content (AvgIpc) is 2.61. The first-order valence-electron chi connectivity index (χ1n) is 8.76. The minimum Gasteiger partial charge on any atom is -0.464 e. The van der Waals surface area contributed by atoms with E-state index in [9.17, 15) is 9.59 Å². The molecule has 0 aliphatic heterocycles. The number of rotatable bonds is 12. The summed E-state index contributed by atoms with van der Waals surface area (Å²) in [7, 11) is 0. The number of nitrogens with two attached hydrogens (primary N) is 1. The molecule has 1 amide bonds. The number of hydrazine groups is 1. The first-order valence-corrected chi connectivity index (χ1v) is 8.76. The summed E-state index contributed by atoms with van der Waals surface area (Å²) in [5.41, 5.74) is 12.6. The van der Waals surface area contributed by atoms with Crippen LogP contribution in [0.25, 0.3) is 0 Å². The van der Waals surface area contributed by atoms with Crippen LogP contribution < -0.4 is 21.9 Å². The second-order valence-corrected chi connectivity index (χ2v) is 5.91. The van der Waals surface area contributed by atoms with Gasteiger partial charge in [0.1, 0.15) is 12.1 Å². The molecule has 0 saturated carbocycles. The lowest BCUT2D eigenvalue weighted by Crippen LogP contribution is -2.51. The summed E-state index contributed by atoms with van der Waals surface area (Å²) in [5.74, 6) is -0.523. The lowest BCUT2D eigenvalue weighted by molar-refractivity contribution is -0.144. The molecule has 2 atom stereocenters. The fraction of sp³-hybridized carbons (Fsp3) is 0.556. The van der Waals surface area contributed by atoms with E-state index in [0.717, 1.165) is 18.5 Å². The first kappa shape index (κ1) is 21.1. The number of nitrogens with one attached hydrogen (secondary N) is 3. The molecule has 0 spiro atoms. The summed E-state index contributed by atoms with van der Waals surface area (Å²) in [6, 6.07) is 8.85. The van der Waals surface area contributed by atoms with Crippen LogP contribution in [-0.2, 0) is 20.7 Å². The number of benzene rings is 1. The van der Waals surface area contributed by atoms with Crippen LogP contribution in [0.4, 0.5) is 0 Å². The van der Waals surface area contributed by atoms with Crippen molar-refractivity contribution in [3.63, 3.8) is 0 Å². The van der Waals surface area contributed by atoms with Crippen molar-refractivity contribution in [1.82, 2.24) is 16.2 Å². The van der Waals surface area contributed by atoms with E-state index in [2.05, 4.69) is 23.1 Å². The number of hydrogen-bond donors (Lipinski definition) is 4. The zero-order valence-corrected chi connectivity index (χ0v) is 15.1. The molecule has 0 fully saturated rings. The lowest BCUT2D eigenvalue weighted by Gasteiger charge is -2.19. The third-order valence-corrected chi connectivity index (χ3v) is 3.49. The van der Waals surface area contributed by atoms with E-state index in [1.54, 1.807) is 6.92 Å². The van der Waals surface area contributed by atoms with E-state index in [1.165, 1.54) is 0 Å². The first-order chi connectivity index (χ1) is 12.0. The number of amides is 1. The van der Waals surface area contributed by atoms with Gasteiger partial charge >= 0.3 is 5.97 Å². The predicted molar refractivity (Wildman–Crippen MR) is 97.6 cm³/mol. The van der Waals surface area contributed by atoms with Crippen LogP contribution in [0.3, 0.4) is 0 Å². The zero-order chi connectivity index (χ0) is 18.5. The van der Waals surface area contributed by atoms with E-state index in [1.807, 2.05) is 30.3 Å². The highest BCUT2D eigenvalue weighted by Gasteiger charge is 2.18. The number of carbonyl (C=O) groups excluding carboxylic acids is 2. The maximum absolute atomic E-state index is 12.4. The predicted octanol–water partition coefficient (Wildman–Crippen LogP) is 0.499. The van der Waals surface area contributed by atoms with Gasteiger partial charge in [0.15, 0.2) is 0 Å². The molecular weight excluding hydrogens is 320 g/mol. The SMILES string of the molecule is CCCNN[C@@H](Cc1ccccc1)C(=O)NCCCOC(=O)[C@H](C)N. The molecular formula is C18H30N4O3. The molecule has 0 saturated heterocycles. The minimum atomic E-state index is -0.626. The summed E-state index contributed by atoms with van der Waals surface area (Å²) in [4.78, 5) is 23.7. The lowest BCUT2D eigenvalue weighted by atomic mass is 10.1. The van der Waals surface area contributed by atoms with Crippen LogP contribution in [0.15, 0.2) is 30.3 Å². The van der Waals surface area contributed by atoms with Gasteiger partial charge in [0.25, 0.3) is 0 Å². The van der Waals surface area contributed by atoms with Crippen molar-refractivity contribution in [1.29, 1.82) is 0 Å². The number of ether oxygens (including phenoxy) is 1. The Kier molecular flexibility index (Phi) is 10.5. The van der Waals surface area contributed by atoms with E-state index < -0.39 is 12.0 Å². The summed E-state index contributed by atoms with van der Waals surface area (Å²) in [5, 5.41) is 2.87. The smallest absolute Gasteiger partial charge is 0.322 e. The van der Waals surface area contributed by atoms with Crippen molar-refractivity contribution >= 4 is 11.9 Å². The van der Waals surface area contributed by atoms with E-state index in [0.29, 0.717) is 19.4 Å². The minimum absolute atomic E-state index is 0.0917. The van der Waals surface area contributed by atoms with Crippen molar-refractivity contribution in [2.75, 3.05) is 19.7 Å². The summed E-state index contributed by atoms with van der Waals surface area (Å²) >= 11 is 0. The molecule has 25 heavy (non-hydrogen) atoms. The van der Waals surface area contributed by atoms with Gasteiger partial charge in [-0.05, 0) is 31.7 Å². The Bertz CT molecular complexity index is 508. The number of hydrogen-bond acceptors (Lipinski definition) is 6.